The molecule has 45 heavy (non-hydrogen) atoms. The van der Waals surface area contributed by atoms with E-state index in [0.717, 1.165) is 37.5 Å². The molecule has 236 valence electrons. The molecule has 0 saturated carbocycles. The Labute approximate surface area is 250 Å². The van der Waals surface area contributed by atoms with E-state index in [1.165, 1.54) is 18.1 Å². The van der Waals surface area contributed by atoms with E-state index in [1.54, 1.807) is 0 Å². The van der Waals surface area contributed by atoms with Crippen LogP contribution < -0.4 is 4.74 Å². The van der Waals surface area contributed by atoms with Crippen molar-refractivity contribution in [2.45, 2.75) is 51.6 Å². The fourth-order valence-electron chi connectivity index (χ4n) is 4.70. The summed E-state index contributed by atoms with van der Waals surface area (Å²) in [5, 5.41) is -1.56. The van der Waals surface area contributed by atoms with Crippen molar-refractivity contribution in [1.29, 1.82) is 0 Å². The maximum Gasteiger partial charge on any atom is 0.458 e. The first-order chi connectivity index (χ1) is 21.2. The van der Waals surface area contributed by atoms with Gasteiger partial charge in [-0.15, -0.1) is 0 Å². The molecule has 4 aromatic carbocycles. The quantitative estimate of drug-likeness (QED) is 0.0599. The molecule has 2 nitrogen and oxygen atoms in total. The number of hydrogen-bond acceptors (Lipinski definition) is 2. The van der Waals surface area contributed by atoms with Crippen LogP contribution in [0.3, 0.4) is 0 Å². The number of benzene rings is 4. The summed E-state index contributed by atoms with van der Waals surface area (Å²) >= 11 is 0. The standard InChI is InChI=1S/C33H22F10O2/c1-2-3-4-5-17-10-23(34)21(24(35)11-17)7-6-18-12-26(37)30(27(38)13-18)32(44)45-20-14-19-15-25(36)22(8-9-33(41,42)43)31(40)29(19)28(39)16-20/h10-16H,2-7H2,1H3. The lowest BCUT2D eigenvalue weighted by Crippen LogP contribution is -2.14. The lowest BCUT2D eigenvalue weighted by Gasteiger charge is -2.11. The molecule has 0 N–H and O–H groups in total. The van der Waals surface area contributed by atoms with Crippen molar-refractivity contribution in [3.05, 3.63) is 111 Å². The van der Waals surface area contributed by atoms with Gasteiger partial charge in [0, 0.05) is 17.6 Å². The van der Waals surface area contributed by atoms with Crippen LogP contribution in [0.4, 0.5) is 43.9 Å². The van der Waals surface area contributed by atoms with Crippen LogP contribution in [0.5, 0.6) is 5.75 Å². The smallest absolute Gasteiger partial charge is 0.423 e. The number of fused-ring (bicyclic) bond motifs is 1. The number of rotatable bonds is 9. The van der Waals surface area contributed by atoms with Gasteiger partial charge in [-0.05, 0) is 78.6 Å². The largest absolute Gasteiger partial charge is 0.458 e. The van der Waals surface area contributed by atoms with Crippen molar-refractivity contribution >= 4 is 16.7 Å². The fraction of sp³-hybridized carbons (Fsp3) is 0.242. The third-order valence-corrected chi connectivity index (χ3v) is 6.83. The molecule has 0 aromatic heterocycles. The van der Waals surface area contributed by atoms with Gasteiger partial charge in [-0.25, -0.2) is 35.5 Å². The van der Waals surface area contributed by atoms with E-state index in [0.29, 0.717) is 30.0 Å². The molecule has 0 atom stereocenters. The number of carbonyl (C=O) groups excluding carboxylic acids is 1. The second kappa shape index (κ2) is 13.6. The van der Waals surface area contributed by atoms with Gasteiger partial charge in [0.2, 0.25) is 0 Å². The molecule has 0 saturated heterocycles. The molecule has 0 aliphatic rings. The van der Waals surface area contributed by atoms with Gasteiger partial charge in [0.1, 0.15) is 46.2 Å². The van der Waals surface area contributed by atoms with Crippen molar-refractivity contribution < 1.29 is 53.4 Å². The van der Waals surface area contributed by atoms with E-state index in [2.05, 4.69) is 0 Å². The number of halogens is 10. The maximum atomic E-state index is 14.8. The average Bonchev–Trinajstić information content (AvgIpc) is 2.91. The minimum Gasteiger partial charge on any atom is -0.423 e. The first kappa shape index (κ1) is 33.4. The molecule has 0 unspecified atom stereocenters. The van der Waals surface area contributed by atoms with Crippen LogP contribution in [0, 0.1) is 52.6 Å². The lowest BCUT2D eigenvalue weighted by atomic mass is 9.99. The molecular weight excluding hydrogens is 618 g/mol. The summed E-state index contributed by atoms with van der Waals surface area (Å²) in [6, 6.07) is 5.52. The highest BCUT2D eigenvalue weighted by molar-refractivity contribution is 5.93. The summed E-state index contributed by atoms with van der Waals surface area (Å²) in [5.41, 5.74) is -2.38. The normalized spacial score (nSPS) is 11.4. The third-order valence-electron chi connectivity index (χ3n) is 6.83. The Morgan fingerprint density at radius 3 is 1.91 bits per heavy atom. The van der Waals surface area contributed by atoms with Gasteiger partial charge in [0.25, 0.3) is 0 Å². The molecular formula is C33H22F10O2. The number of aryl methyl sites for hydroxylation is 2. The lowest BCUT2D eigenvalue weighted by molar-refractivity contribution is -0.0696. The van der Waals surface area contributed by atoms with E-state index in [1.807, 2.05) is 6.92 Å². The minimum absolute atomic E-state index is 0.0421. The molecule has 0 aliphatic heterocycles. The Morgan fingerprint density at radius 1 is 0.711 bits per heavy atom. The van der Waals surface area contributed by atoms with Gasteiger partial charge in [-0.1, -0.05) is 25.7 Å². The highest BCUT2D eigenvalue weighted by Gasteiger charge is 2.25. The molecule has 0 fully saturated rings. The van der Waals surface area contributed by atoms with E-state index >= 15 is 0 Å². The molecule has 0 bridgehead atoms. The van der Waals surface area contributed by atoms with Crippen LogP contribution in [0.15, 0.2) is 42.5 Å². The van der Waals surface area contributed by atoms with E-state index < -0.39 is 80.5 Å². The fourth-order valence-corrected chi connectivity index (χ4v) is 4.70. The molecule has 0 amide bonds. The van der Waals surface area contributed by atoms with Gasteiger partial charge in [-0.3, -0.25) is 0 Å². The topological polar surface area (TPSA) is 26.3 Å². The van der Waals surface area contributed by atoms with Crippen LogP contribution in [0.25, 0.3) is 10.8 Å². The van der Waals surface area contributed by atoms with Crippen LogP contribution in [-0.4, -0.2) is 12.1 Å². The number of unbranched alkanes of at least 4 members (excludes halogenated alkanes) is 2. The zero-order valence-corrected chi connectivity index (χ0v) is 23.4. The average molecular weight is 641 g/mol. The van der Waals surface area contributed by atoms with Gasteiger partial charge in [-0.2, -0.15) is 13.2 Å². The molecule has 0 radical (unpaired) electrons. The summed E-state index contributed by atoms with van der Waals surface area (Å²) in [6.45, 7) is 1.99. The Bertz CT molecular complexity index is 1790. The summed E-state index contributed by atoms with van der Waals surface area (Å²) in [6.07, 6.45) is -2.43. The van der Waals surface area contributed by atoms with Gasteiger partial charge in [0.05, 0.1) is 10.9 Å². The predicted molar refractivity (Wildman–Crippen MR) is 145 cm³/mol. The second-order valence-corrected chi connectivity index (χ2v) is 10.1. The summed E-state index contributed by atoms with van der Waals surface area (Å²) in [4.78, 5) is 12.6. The van der Waals surface area contributed by atoms with Crippen LogP contribution in [-0.2, 0) is 19.3 Å². The van der Waals surface area contributed by atoms with Crippen molar-refractivity contribution in [2.75, 3.05) is 0 Å². The van der Waals surface area contributed by atoms with Crippen molar-refractivity contribution in [1.82, 2.24) is 0 Å². The van der Waals surface area contributed by atoms with Crippen molar-refractivity contribution in [3.8, 4) is 17.6 Å². The number of esters is 1. The van der Waals surface area contributed by atoms with Gasteiger partial charge < -0.3 is 4.74 Å². The van der Waals surface area contributed by atoms with E-state index in [-0.39, 0.29) is 24.0 Å². The van der Waals surface area contributed by atoms with E-state index in [9.17, 15) is 48.7 Å². The number of ether oxygens (including phenoxy) is 1. The molecule has 4 aromatic rings. The molecule has 4 rings (SSSR count). The Morgan fingerprint density at radius 2 is 1.31 bits per heavy atom. The van der Waals surface area contributed by atoms with Crippen molar-refractivity contribution in [2.24, 2.45) is 0 Å². The number of carbonyl (C=O) groups is 1. The van der Waals surface area contributed by atoms with Gasteiger partial charge in [0.15, 0.2) is 5.82 Å². The van der Waals surface area contributed by atoms with E-state index in [4.69, 9.17) is 4.74 Å². The highest BCUT2D eigenvalue weighted by atomic mass is 19.4. The second-order valence-electron chi connectivity index (χ2n) is 10.1. The van der Waals surface area contributed by atoms with Gasteiger partial charge >= 0.3 is 12.1 Å². The molecule has 12 heteroatoms. The molecule has 0 heterocycles. The summed E-state index contributed by atoms with van der Waals surface area (Å²) in [7, 11) is 0. The third kappa shape index (κ3) is 7.95. The summed E-state index contributed by atoms with van der Waals surface area (Å²) in [5.74, 6) is -9.66. The summed E-state index contributed by atoms with van der Waals surface area (Å²) < 4.78 is 144. The number of alkyl halides is 3. The van der Waals surface area contributed by atoms with Crippen LogP contribution in [0.1, 0.15) is 58.8 Å². The zero-order valence-electron chi connectivity index (χ0n) is 23.4. The Kier molecular flexibility index (Phi) is 10.1. The first-order valence-electron chi connectivity index (χ1n) is 13.6. The highest BCUT2D eigenvalue weighted by Crippen LogP contribution is 2.31. The number of hydrogen-bond donors (Lipinski definition) is 0. The molecule has 0 spiro atoms. The zero-order chi connectivity index (χ0) is 33.1. The Balaban J connectivity index is 1.53. The Hall–Kier alpha value is -4.53. The predicted octanol–water partition coefficient (Wildman–Crippen LogP) is 9.46. The van der Waals surface area contributed by atoms with Crippen LogP contribution in [0.2, 0.25) is 0 Å². The monoisotopic (exact) mass is 640 g/mol. The molecule has 0 aliphatic carbocycles. The SMILES string of the molecule is CCCCCc1cc(F)c(CCc2cc(F)c(C(=O)Oc3cc(F)c4c(F)c(C#CC(F)(F)F)c(F)cc4c3)c(F)c2)c(F)c1. The maximum absolute atomic E-state index is 14.8. The first-order valence-corrected chi connectivity index (χ1v) is 13.6. The minimum atomic E-state index is -5.08. The van der Waals surface area contributed by atoms with Crippen molar-refractivity contribution in [3.63, 3.8) is 0 Å². The van der Waals surface area contributed by atoms with Crippen LogP contribution >= 0.6 is 0 Å².